The number of hydrogen-bond acceptors (Lipinski definition) is 5. The minimum atomic E-state index is 0.550. The Morgan fingerprint density at radius 1 is 1.30 bits per heavy atom. The van der Waals surface area contributed by atoms with E-state index in [1.807, 2.05) is 18.2 Å². The van der Waals surface area contributed by atoms with Crippen molar-refractivity contribution in [2.75, 3.05) is 6.54 Å². The summed E-state index contributed by atoms with van der Waals surface area (Å²) < 4.78 is 7.59. The SMILES string of the molecule is CC(C)CNCc1nnc(Oc2ccc(Br)cc2Br)s1. The maximum Gasteiger partial charge on any atom is 0.299 e. The topological polar surface area (TPSA) is 47.0 Å². The predicted octanol–water partition coefficient (Wildman–Crippen LogP) is 4.60. The number of nitrogens with zero attached hydrogens (tertiary/aromatic N) is 2. The van der Waals surface area contributed by atoms with Gasteiger partial charge < -0.3 is 10.1 Å². The van der Waals surface area contributed by atoms with Gasteiger partial charge in [-0.05, 0) is 46.6 Å². The van der Waals surface area contributed by atoms with Gasteiger partial charge in [-0.3, -0.25) is 0 Å². The molecule has 0 fully saturated rings. The van der Waals surface area contributed by atoms with Crippen LogP contribution in [0.2, 0.25) is 0 Å². The Bertz CT molecular complexity index is 574. The van der Waals surface area contributed by atoms with Crippen molar-refractivity contribution < 1.29 is 4.74 Å². The van der Waals surface area contributed by atoms with Crippen LogP contribution in [-0.2, 0) is 6.54 Å². The molecule has 0 atom stereocenters. The zero-order valence-electron chi connectivity index (χ0n) is 11.2. The smallest absolute Gasteiger partial charge is 0.299 e. The molecule has 1 aromatic carbocycles. The highest BCUT2D eigenvalue weighted by molar-refractivity contribution is 9.11. The van der Waals surface area contributed by atoms with Gasteiger partial charge in [-0.15, -0.1) is 5.10 Å². The molecule has 0 aliphatic rings. The lowest BCUT2D eigenvalue weighted by Gasteiger charge is -2.04. The highest BCUT2D eigenvalue weighted by Gasteiger charge is 2.09. The quantitative estimate of drug-likeness (QED) is 0.741. The number of aromatic nitrogens is 2. The van der Waals surface area contributed by atoms with Gasteiger partial charge in [0.15, 0.2) is 0 Å². The minimum Gasteiger partial charge on any atom is -0.429 e. The number of halogens is 2. The molecule has 0 saturated carbocycles. The van der Waals surface area contributed by atoms with Crippen molar-refractivity contribution in [3.8, 4) is 10.9 Å². The third-order valence-electron chi connectivity index (χ3n) is 2.37. The molecule has 2 rings (SSSR count). The Labute approximate surface area is 139 Å². The van der Waals surface area contributed by atoms with Crippen LogP contribution in [0.4, 0.5) is 0 Å². The highest BCUT2D eigenvalue weighted by atomic mass is 79.9. The summed E-state index contributed by atoms with van der Waals surface area (Å²) in [6, 6.07) is 5.74. The van der Waals surface area contributed by atoms with Crippen molar-refractivity contribution >= 4 is 43.2 Å². The average Bonchev–Trinajstić information content (AvgIpc) is 2.80. The van der Waals surface area contributed by atoms with E-state index in [1.54, 1.807) is 0 Å². The van der Waals surface area contributed by atoms with E-state index in [-0.39, 0.29) is 0 Å². The molecule has 1 aromatic heterocycles. The van der Waals surface area contributed by atoms with Crippen molar-refractivity contribution in [1.29, 1.82) is 0 Å². The van der Waals surface area contributed by atoms with Crippen LogP contribution in [0.15, 0.2) is 27.1 Å². The summed E-state index contributed by atoms with van der Waals surface area (Å²) in [6.07, 6.45) is 0. The Morgan fingerprint density at radius 2 is 2.10 bits per heavy atom. The summed E-state index contributed by atoms with van der Waals surface area (Å²) >= 11 is 8.32. The van der Waals surface area contributed by atoms with Gasteiger partial charge in [-0.1, -0.05) is 46.2 Å². The molecule has 108 valence electrons. The van der Waals surface area contributed by atoms with Gasteiger partial charge in [0.05, 0.1) is 4.47 Å². The van der Waals surface area contributed by atoms with Crippen molar-refractivity contribution in [3.63, 3.8) is 0 Å². The van der Waals surface area contributed by atoms with E-state index >= 15 is 0 Å². The molecule has 1 heterocycles. The zero-order chi connectivity index (χ0) is 14.5. The number of rotatable bonds is 6. The molecule has 0 amide bonds. The second-order valence-electron chi connectivity index (χ2n) is 4.66. The summed E-state index contributed by atoms with van der Waals surface area (Å²) in [5.41, 5.74) is 0. The lowest BCUT2D eigenvalue weighted by atomic mass is 10.2. The Kier molecular flexibility index (Phi) is 5.95. The molecule has 2 aromatic rings. The van der Waals surface area contributed by atoms with Crippen molar-refractivity contribution in [3.05, 3.63) is 32.2 Å². The number of benzene rings is 1. The van der Waals surface area contributed by atoms with Crippen LogP contribution in [0.25, 0.3) is 0 Å². The van der Waals surface area contributed by atoms with E-state index in [1.165, 1.54) is 11.3 Å². The van der Waals surface area contributed by atoms with Crippen LogP contribution in [0, 0.1) is 5.92 Å². The molecule has 20 heavy (non-hydrogen) atoms. The van der Waals surface area contributed by atoms with E-state index in [4.69, 9.17) is 4.74 Å². The van der Waals surface area contributed by atoms with E-state index < -0.39 is 0 Å². The molecule has 0 saturated heterocycles. The standard InChI is InChI=1S/C13H15Br2N3OS/c1-8(2)6-16-7-12-17-18-13(20-12)19-11-4-3-9(14)5-10(11)15/h3-5,8,16H,6-7H2,1-2H3. The molecular weight excluding hydrogens is 406 g/mol. The van der Waals surface area contributed by atoms with Crippen LogP contribution < -0.4 is 10.1 Å². The largest absolute Gasteiger partial charge is 0.429 e. The third-order valence-corrected chi connectivity index (χ3v) is 4.28. The number of ether oxygens (including phenoxy) is 1. The van der Waals surface area contributed by atoms with Crippen molar-refractivity contribution in [2.45, 2.75) is 20.4 Å². The van der Waals surface area contributed by atoms with E-state index in [0.717, 1.165) is 32.8 Å². The van der Waals surface area contributed by atoms with Crippen LogP contribution in [-0.4, -0.2) is 16.7 Å². The molecule has 0 unspecified atom stereocenters. The number of hydrogen-bond donors (Lipinski definition) is 1. The molecule has 0 bridgehead atoms. The molecule has 0 aliphatic heterocycles. The van der Waals surface area contributed by atoms with Gasteiger partial charge in [0.2, 0.25) is 0 Å². The number of nitrogens with one attached hydrogen (secondary N) is 1. The van der Waals surface area contributed by atoms with Gasteiger partial charge in [0.1, 0.15) is 10.8 Å². The molecule has 4 nitrogen and oxygen atoms in total. The maximum atomic E-state index is 5.72. The lowest BCUT2D eigenvalue weighted by Crippen LogP contribution is -2.18. The predicted molar refractivity (Wildman–Crippen MR) is 88.4 cm³/mol. The Morgan fingerprint density at radius 3 is 2.80 bits per heavy atom. The van der Waals surface area contributed by atoms with Gasteiger partial charge in [-0.2, -0.15) is 0 Å². The summed E-state index contributed by atoms with van der Waals surface area (Å²) in [4.78, 5) is 0. The van der Waals surface area contributed by atoms with Gasteiger partial charge in [-0.25, -0.2) is 0 Å². The van der Waals surface area contributed by atoms with E-state index in [2.05, 4.69) is 61.2 Å². The lowest BCUT2D eigenvalue weighted by molar-refractivity contribution is 0.470. The first-order valence-corrected chi connectivity index (χ1v) is 8.61. The van der Waals surface area contributed by atoms with Crippen LogP contribution in [0.1, 0.15) is 18.9 Å². The Hall–Kier alpha value is -0.500. The summed E-state index contributed by atoms with van der Waals surface area (Å²) in [5.74, 6) is 1.35. The monoisotopic (exact) mass is 419 g/mol. The maximum absolute atomic E-state index is 5.72. The zero-order valence-corrected chi connectivity index (χ0v) is 15.2. The van der Waals surface area contributed by atoms with E-state index in [9.17, 15) is 0 Å². The van der Waals surface area contributed by atoms with Crippen LogP contribution in [0.5, 0.6) is 10.9 Å². The van der Waals surface area contributed by atoms with Crippen molar-refractivity contribution in [1.82, 2.24) is 15.5 Å². The first-order valence-electron chi connectivity index (χ1n) is 6.20. The third kappa shape index (κ3) is 4.80. The molecule has 0 spiro atoms. The van der Waals surface area contributed by atoms with Gasteiger partial charge in [0, 0.05) is 11.0 Å². The minimum absolute atomic E-state index is 0.550. The summed E-state index contributed by atoms with van der Waals surface area (Å²) in [6.45, 7) is 6.04. The fourth-order valence-corrected chi connectivity index (χ4v) is 3.27. The first kappa shape index (κ1) is 15.9. The average molecular weight is 421 g/mol. The van der Waals surface area contributed by atoms with Crippen LogP contribution in [0.3, 0.4) is 0 Å². The summed E-state index contributed by atoms with van der Waals surface area (Å²) in [7, 11) is 0. The molecule has 7 heteroatoms. The molecule has 0 aliphatic carbocycles. The fraction of sp³-hybridized carbons (Fsp3) is 0.385. The molecule has 1 N–H and O–H groups in total. The second kappa shape index (κ2) is 7.49. The van der Waals surface area contributed by atoms with E-state index in [0.29, 0.717) is 11.1 Å². The summed E-state index contributed by atoms with van der Waals surface area (Å²) in [5, 5.41) is 13.0. The van der Waals surface area contributed by atoms with Crippen molar-refractivity contribution in [2.24, 2.45) is 5.92 Å². The van der Waals surface area contributed by atoms with Gasteiger partial charge in [0.25, 0.3) is 5.19 Å². The fourth-order valence-electron chi connectivity index (χ4n) is 1.47. The highest BCUT2D eigenvalue weighted by Crippen LogP contribution is 2.33. The van der Waals surface area contributed by atoms with Gasteiger partial charge >= 0.3 is 0 Å². The van der Waals surface area contributed by atoms with Crippen LogP contribution >= 0.6 is 43.2 Å². The Balaban J connectivity index is 1.95. The second-order valence-corrected chi connectivity index (χ2v) is 7.46. The first-order chi connectivity index (χ1) is 9.54. The normalized spacial score (nSPS) is 11.1. The molecule has 0 radical (unpaired) electrons. The molecular formula is C13H15Br2N3OS.